The molecule has 2 aromatic carbocycles. The molecular formula is C16H13I2K3N4O2S4. The van der Waals surface area contributed by atoms with E-state index >= 15 is 0 Å². The third-order valence-corrected chi connectivity index (χ3v) is 4.58. The van der Waals surface area contributed by atoms with Crippen molar-refractivity contribution in [3.8, 4) is 0 Å². The minimum atomic E-state index is 0. The van der Waals surface area contributed by atoms with Crippen LogP contribution in [0.2, 0.25) is 0 Å². The fourth-order valence-electron chi connectivity index (χ4n) is 2.03. The van der Waals surface area contributed by atoms with Crippen LogP contribution in [0.1, 0.15) is 0 Å². The van der Waals surface area contributed by atoms with E-state index in [0.29, 0.717) is 19.3 Å². The van der Waals surface area contributed by atoms with Gasteiger partial charge < -0.3 is 46.2 Å². The summed E-state index contributed by atoms with van der Waals surface area (Å²) in [6, 6.07) is 15.3. The van der Waals surface area contributed by atoms with Gasteiger partial charge in [-0.25, -0.2) is 0 Å². The maximum Gasteiger partial charge on any atom is 1.00 e. The molecule has 31 heavy (non-hydrogen) atoms. The van der Waals surface area contributed by atoms with E-state index in [2.05, 4.69) is 57.2 Å². The number of H-pyrrole nitrogens is 2. The Labute approximate surface area is 352 Å². The van der Waals surface area contributed by atoms with Crippen LogP contribution in [0.25, 0.3) is 22.1 Å². The maximum absolute atomic E-state index is 4.99. The SMILES string of the molecule is II.O.S=c1[nH]c2ccccc2[nH]c1=S.[K+].[K+].[K+].[OH-].[S-]c1nc2ccccc2nc1[S-]. The van der Waals surface area contributed by atoms with Crippen LogP contribution in [-0.4, -0.2) is 30.9 Å². The van der Waals surface area contributed by atoms with Gasteiger partial charge in [-0.2, -0.15) is 0 Å². The van der Waals surface area contributed by atoms with Crippen LogP contribution < -0.4 is 154 Å². The van der Waals surface area contributed by atoms with Crippen molar-refractivity contribution >= 4 is 109 Å². The number of nitrogens with one attached hydrogen (secondary N) is 2. The number of benzene rings is 2. The molecule has 0 radical (unpaired) electrons. The molecule has 2 heterocycles. The van der Waals surface area contributed by atoms with E-state index in [1.54, 1.807) is 0 Å². The number of fused-ring (bicyclic) bond motifs is 2. The van der Waals surface area contributed by atoms with Gasteiger partial charge >= 0.3 is 154 Å². The summed E-state index contributed by atoms with van der Waals surface area (Å²) < 4.78 is 1.17. The van der Waals surface area contributed by atoms with Gasteiger partial charge in [0.1, 0.15) is 9.28 Å². The Morgan fingerprint density at radius 2 is 0.968 bits per heavy atom. The van der Waals surface area contributed by atoms with Gasteiger partial charge in [0.05, 0.1) is 22.1 Å². The van der Waals surface area contributed by atoms with Gasteiger partial charge in [0, 0.05) is 37.2 Å². The van der Waals surface area contributed by atoms with Crippen molar-refractivity contribution < 1.29 is 165 Å². The Kier molecular flexibility index (Phi) is 32.0. The topological polar surface area (TPSA) is 119 Å². The van der Waals surface area contributed by atoms with Crippen molar-refractivity contribution in [2.24, 2.45) is 0 Å². The number of aromatic nitrogens is 4. The van der Waals surface area contributed by atoms with Crippen LogP contribution >= 0.6 is 61.7 Å². The zero-order valence-electron chi connectivity index (χ0n) is 16.8. The van der Waals surface area contributed by atoms with Gasteiger partial charge in [-0.3, -0.25) is 9.97 Å². The molecule has 4 aromatic rings. The second-order valence-electron chi connectivity index (χ2n) is 4.78. The molecule has 0 aliphatic rings. The van der Waals surface area contributed by atoms with E-state index in [0.717, 1.165) is 22.1 Å². The van der Waals surface area contributed by atoms with E-state index in [9.17, 15) is 0 Å². The van der Waals surface area contributed by atoms with Crippen LogP contribution in [0.15, 0.2) is 58.6 Å². The van der Waals surface area contributed by atoms with Crippen molar-refractivity contribution in [3.05, 3.63) is 57.8 Å². The van der Waals surface area contributed by atoms with Crippen molar-refractivity contribution in [2.45, 2.75) is 10.1 Å². The molecule has 0 aliphatic heterocycles. The summed E-state index contributed by atoms with van der Waals surface area (Å²) in [4.78, 5) is 14.3. The van der Waals surface area contributed by atoms with Gasteiger partial charge in [-0.15, -0.1) is 0 Å². The van der Waals surface area contributed by atoms with Gasteiger partial charge in [0.2, 0.25) is 0 Å². The van der Waals surface area contributed by atoms with Crippen LogP contribution in [0, 0.1) is 9.28 Å². The molecular weight excluding hydrogens is 780 g/mol. The first kappa shape index (κ1) is 42.4. The van der Waals surface area contributed by atoms with E-state index < -0.39 is 0 Å². The number of rotatable bonds is 0. The van der Waals surface area contributed by atoms with Crippen LogP contribution in [-0.2, 0) is 25.3 Å². The number of hydrogen-bond donors (Lipinski definition) is 2. The molecule has 6 nitrogen and oxygen atoms in total. The van der Waals surface area contributed by atoms with Crippen LogP contribution in [0.5, 0.6) is 0 Å². The Hall–Kier alpha value is 4.29. The number of halogens is 2. The Morgan fingerprint density at radius 3 is 1.29 bits per heavy atom. The Morgan fingerprint density at radius 1 is 0.677 bits per heavy atom. The first-order valence-electron chi connectivity index (χ1n) is 7.01. The molecule has 2 aromatic heterocycles. The summed E-state index contributed by atoms with van der Waals surface area (Å²) in [5.41, 5.74) is 3.57. The minimum absolute atomic E-state index is 0. The molecule has 5 N–H and O–H groups in total. The summed E-state index contributed by atoms with van der Waals surface area (Å²) in [6.45, 7) is 0. The molecule has 4 rings (SSSR count). The second kappa shape index (κ2) is 23.4. The first-order valence-corrected chi connectivity index (χ1v) is 14.9. The molecule has 0 saturated heterocycles. The molecule has 15 heteroatoms. The average molecular weight is 793 g/mol. The summed E-state index contributed by atoms with van der Waals surface area (Å²) in [5.74, 6) is 0. The maximum atomic E-state index is 4.99. The summed E-state index contributed by atoms with van der Waals surface area (Å²) in [5, 5.41) is 0.812. The fraction of sp³-hybridized carbons (Fsp3) is 0. The van der Waals surface area contributed by atoms with E-state index in [1.807, 2.05) is 48.5 Å². The smallest absolute Gasteiger partial charge is 0.870 e. The van der Waals surface area contributed by atoms with Gasteiger partial charge in [-0.05, 0) is 24.3 Å². The molecule has 0 atom stereocenters. The number of nitrogens with zero attached hydrogens (tertiary/aromatic N) is 2. The largest absolute Gasteiger partial charge is 1.00 e. The van der Waals surface area contributed by atoms with Gasteiger partial charge in [0.15, 0.2) is 0 Å². The van der Waals surface area contributed by atoms with Crippen LogP contribution in [0.3, 0.4) is 0 Å². The Bertz CT molecular complexity index is 1080. The molecule has 150 valence electrons. The third-order valence-electron chi connectivity index (χ3n) is 3.14. The Balaban J connectivity index is -0.000000189. The molecule has 0 saturated carbocycles. The van der Waals surface area contributed by atoms with Crippen molar-refractivity contribution in [3.63, 3.8) is 0 Å². The number of para-hydroxylation sites is 4. The number of hydrogen-bond acceptors (Lipinski definition) is 7. The van der Waals surface area contributed by atoms with Crippen molar-refractivity contribution in [2.75, 3.05) is 0 Å². The van der Waals surface area contributed by atoms with Gasteiger partial charge in [-0.1, -0.05) is 58.8 Å². The molecule has 0 bridgehead atoms. The molecule has 0 unspecified atom stereocenters. The quantitative estimate of drug-likeness (QED) is 0.0813. The number of aromatic amines is 2. The monoisotopic (exact) mass is 792 g/mol. The zero-order valence-corrected chi connectivity index (χ0v) is 33.8. The van der Waals surface area contributed by atoms with Gasteiger partial charge in [0.25, 0.3) is 0 Å². The summed E-state index contributed by atoms with van der Waals surface area (Å²) in [6.07, 6.45) is 0. The van der Waals surface area contributed by atoms with Crippen molar-refractivity contribution in [1.29, 1.82) is 0 Å². The van der Waals surface area contributed by atoms with E-state index in [-0.39, 0.29) is 165 Å². The van der Waals surface area contributed by atoms with Crippen LogP contribution in [0.4, 0.5) is 0 Å². The average Bonchev–Trinajstić information content (AvgIpc) is 2.66. The molecule has 0 amide bonds. The molecule has 0 fully saturated rings. The van der Waals surface area contributed by atoms with Crippen molar-refractivity contribution in [1.82, 2.24) is 19.9 Å². The minimum Gasteiger partial charge on any atom is -0.870 e. The fourth-order valence-corrected chi connectivity index (χ4v) is 2.64. The predicted octanol–water partition coefficient (Wildman–Crippen LogP) is -3.82. The third kappa shape index (κ3) is 14.1. The normalized spacial score (nSPS) is 8.19. The standard InChI is InChI=1S/2C8H6N2S2.I2.3K.2H2O/c2*11-7-8(12)10-6-4-2-1-3-5(6)9-7;1-2;;;;;/h2*1-4H,(H,9,11)(H,10,12);;;;;2*1H2/q;;;3*+1;;/p-3. The molecule has 0 aliphatic carbocycles. The first-order chi connectivity index (χ1) is 12.5. The van der Waals surface area contributed by atoms with E-state index in [4.69, 9.17) is 49.7 Å². The predicted molar refractivity (Wildman–Crippen MR) is 139 cm³/mol. The zero-order chi connectivity index (χ0) is 19.1. The second-order valence-corrected chi connectivity index (χ2v) is 6.37. The summed E-state index contributed by atoms with van der Waals surface area (Å²) in [7, 11) is 0. The molecule has 0 spiro atoms. The summed E-state index contributed by atoms with van der Waals surface area (Å²) >= 11 is 24.0. The van der Waals surface area contributed by atoms with E-state index in [1.165, 1.54) is 0 Å².